The Morgan fingerprint density at radius 3 is 1.81 bits per heavy atom. The van der Waals surface area contributed by atoms with Gasteiger partial charge in [-0.1, -0.05) is 0 Å². The van der Waals surface area contributed by atoms with E-state index < -0.39 is 29.3 Å². The minimum Gasteiger partial charge on any atom is -0.502 e. The summed E-state index contributed by atoms with van der Waals surface area (Å²) >= 11 is 1.76. The lowest BCUT2D eigenvalue weighted by Gasteiger charge is -2.21. The van der Waals surface area contributed by atoms with Gasteiger partial charge in [-0.05, 0) is 64.1 Å². The van der Waals surface area contributed by atoms with Crippen molar-refractivity contribution in [1.82, 2.24) is 0 Å². The number of benzene rings is 1. The molecule has 0 aliphatic rings. The third-order valence-corrected chi connectivity index (χ3v) is 3.53. The second-order valence-electron chi connectivity index (χ2n) is 7.20. The molecule has 0 saturated heterocycles. The van der Waals surface area contributed by atoms with E-state index >= 15 is 0 Å². The molecule has 9 heteroatoms. The maximum Gasteiger partial charge on any atom is 0.514 e. The molecule has 1 aromatic carbocycles. The molecule has 0 aromatic heterocycles. The Morgan fingerprint density at radius 2 is 1.38 bits per heavy atom. The zero-order valence-electron chi connectivity index (χ0n) is 15.8. The smallest absolute Gasteiger partial charge is 0.502 e. The van der Waals surface area contributed by atoms with E-state index in [0.29, 0.717) is 0 Å². The van der Waals surface area contributed by atoms with Crippen molar-refractivity contribution in [2.75, 3.05) is 7.11 Å². The lowest BCUT2D eigenvalue weighted by Crippen LogP contribution is -2.27. The highest BCUT2D eigenvalue weighted by Gasteiger charge is 2.27. The Morgan fingerprint density at radius 1 is 0.923 bits per heavy atom. The van der Waals surface area contributed by atoms with Gasteiger partial charge in [-0.2, -0.15) is 0 Å². The molecule has 0 amide bonds. The summed E-state index contributed by atoms with van der Waals surface area (Å²) in [6, 6.07) is 1.28. The van der Waals surface area contributed by atoms with Gasteiger partial charge in [-0.15, -0.1) is 0 Å². The number of aromatic hydroxyl groups is 1. The van der Waals surface area contributed by atoms with E-state index in [2.05, 4.69) is 0 Å². The number of hydrogen-bond acceptors (Lipinski definition) is 8. The van der Waals surface area contributed by atoms with Gasteiger partial charge in [-0.25, -0.2) is 9.59 Å². The minimum atomic E-state index is -1.03. The predicted octanol–water partition coefficient (Wildman–Crippen LogP) is 4.63. The van der Waals surface area contributed by atoms with Crippen LogP contribution in [0.25, 0.3) is 0 Å². The van der Waals surface area contributed by atoms with E-state index in [1.807, 2.05) is 0 Å². The molecule has 1 rings (SSSR count). The first-order chi connectivity index (χ1) is 11.7. The molecule has 0 fully saturated rings. The molecule has 0 aliphatic heterocycles. The number of halogens is 1. The number of carbonyl (C=O) groups is 2. The van der Waals surface area contributed by atoms with Gasteiger partial charge >= 0.3 is 12.3 Å². The van der Waals surface area contributed by atoms with E-state index in [1.165, 1.54) is 13.2 Å². The van der Waals surface area contributed by atoms with Crippen LogP contribution in [0.3, 0.4) is 0 Å². The van der Waals surface area contributed by atoms with E-state index in [4.69, 9.17) is 23.7 Å². The van der Waals surface area contributed by atoms with Crippen molar-refractivity contribution in [3.63, 3.8) is 0 Å². The van der Waals surface area contributed by atoms with Crippen LogP contribution >= 0.6 is 22.6 Å². The summed E-state index contributed by atoms with van der Waals surface area (Å²) in [6.07, 6.45) is -1.98. The summed E-state index contributed by atoms with van der Waals surface area (Å²) in [6.45, 7) is 10.1. The van der Waals surface area contributed by atoms with Crippen molar-refractivity contribution in [2.45, 2.75) is 52.7 Å². The molecule has 0 spiro atoms. The summed E-state index contributed by atoms with van der Waals surface area (Å²) in [5.74, 6) is -0.743. The number of carbonyl (C=O) groups excluding carboxylic acids is 2. The van der Waals surface area contributed by atoms with Gasteiger partial charge < -0.3 is 28.8 Å². The normalized spacial score (nSPS) is 11.5. The molecular formula is C17H23IO8. The molecule has 26 heavy (non-hydrogen) atoms. The van der Waals surface area contributed by atoms with Crippen LogP contribution in [0.1, 0.15) is 41.5 Å². The van der Waals surface area contributed by atoms with E-state index in [9.17, 15) is 14.7 Å². The van der Waals surface area contributed by atoms with Crippen molar-refractivity contribution in [2.24, 2.45) is 0 Å². The maximum absolute atomic E-state index is 11.9. The van der Waals surface area contributed by atoms with Crippen LogP contribution in [0.4, 0.5) is 9.59 Å². The lowest BCUT2D eigenvalue weighted by atomic mass is 10.2. The Balaban J connectivity index is 3.18. The van der Waals surface area contributed by atoms with Gasteiger partial charge in [0.15, 0.2) is 17.2 Å². The van der Waals surface area contributed by atoms with Crippen molar-refractivity contribution in [3.8, 4) is 23.0 Å². The topological polar surface area (TPSA) is 101 Å². The third kappa shape index (κ3) is 6.77. The molecule has 8 nitrogen and oxygen atoms in total. The Labute approximate surface area is 165 Å². The molecule has 0 aliphatic carbocycles. The number of rotatable bonds is 3. The second-order valence-corrected chi connectivity index (χ2v) is 8.28. The minimum absolute atomic E-state index is 0.00643. The largest absolute Gasteiger partial charge is 0.514 e. The summed E-state index contributed by atoms with van der Waals surface area (Å²) < 4.78 is 25.6. The molecule has 0 heterocycles. The summed E-state index contributed by atoms with van der Waals surface area (Å²) in [4.78, 5) is 23.8. The highest BCUT2D eigenvalue weighted by molar-refractivity contribution is 14.1. The van der Waals surface area contributed by atoms with Gasteiger partial charge in [0, 0.05) is 6.07 Å². The van der Waals surface area contributed by atoms with Crippen LogP contribution in [0.5, 0.6) is 23.0 Å². The van der Waals surface area contributed by atoms with Crippen molar-refractivity contribution in [3.05, 3.63) is 9.64 Å². The number of phenols is 1. The molecule has 146 valence electrons. The number of ether oxygens (including phenoxy) is 5. The molecule has 0 bridgehead atoms. The van der Waals surface area contributed by atoms with Gasteiger partial charge in [0.2, 0.25) is 5.75 Å². The van der Waals surface area contributed by atoms with Crippen molar-refractivity contribution < 1.29 is 38.4 Å². The predicted molar refractivity (Wildman–Crippen MR) is 101 cm³/mol. The van der Waals surface area contributed by atoms with Crippen molar-refractivity contribution in [1.29, 1.82) is 0 Å². The molecule has 1 N–H and O–H groups in total. The maximum atomic E-state index is 11.9. The average Bonchev–Trinajstić information content (AvgIpc) is 2.42. The first kappa shape index (κ1) is 22.1. The third-order valence-electron chi connectivity index (χ3n) is 2.50. The van der Waals surface area contributed by atoms with Crippen LogP contribution in [0, 0.1) is 3.57 Å². The monoisotopic (exact) mass is 482 g/mol. The fourth-order valence-electron chi connectivity index (χ4n) is 1.62. The van der Waals surface area contributed by atoms with E-state index in [-0.39, 0.29) is 20.8 Å². The molecule has 0 saturated carbocycles. The van der Waals surface area contributed by atoms with Crippen LogP contribution in [-0.4, -0.2) is 35.7 Å². The fourth-order valence-corrected chi connectivity index (χ4v) is 2.25. The first-order valence-electron chi connectivity index (χ1n) is 7.64. The van der Waals surface area contributed by atoms with Gasteiger partial charge in [-0.3, -0.25) is 0 Å². The summed E-state index contributed by atoms with van der Waals surface area (Å²) in [5.41, 5.74) is -1.54. The fraction of sp³-hybridized carbons (Fsp3) is 0.529. The van der Waals surface area contributed by atoms with Crippen LogP contribution in [-0.2, 0) is 9.47 Å². The van der Waals surface area contributed by atoms with E-state index in [1.54, 1.807) is 64.1 Å². The molecule has 0 unspecified atom stereocenters. The van der Waals surface area contributed by atoms with Gasteiger partial charge in [0.25, 0.3) is 0 Å². The number of hydrogen-bond donors (Lipinski definition) is 1. The average molecular weight is 482 g/mol. The second kappa shape index (κ2) is 8.19. The molecular weight excluding hydrogens is 459 g/mol. The zero-order chi connectivity index (χ0) is 20.3. The molecule has 0 atom stereocenters. The quantitative estimate of drug-likeness (QED) is 0.378. The molecule has 1 aromatic rings. The van der Waals surface area contributed by atoms with Gasteiger partial charge in [0.05, 0.1) is 7.11 Å². The standard InChI is InChI=1S/C17H23IO8/c1-16(2,3)25-14(20)23-9-8-10(22-7)12(19)13(11(9)18)24-15(21)26-17(4,5)6/h8,19H,1-7H3. The van der Waals surface area contributed by atoms with Gasteiger partial charge in [0.1, 0.15) is 14.8 Å². The lowest BCUT2D eigenvalue weighted by molar-refractivity contribution is 0.0195. The summed E-state index contributed by atoms with van der Waals surface area (Å²) in [7, 11) is 1.30. The number of methoxy groups -OCH3 is 1. The Hall–Kier alpha value is -1.91. The highest BCUT2D eigenvalue weighted by atomic mass is 127. The highest BCUT2D eigenvalue weighted by Crippen LogP contribution is 2.45. The SMILES string of the molecule is COc1cc(OC(=O)OC(C)(C)C)c(I)c(OC(=O)OC(C)(C)C)c1O. The molecule has 0 radical (unpaired) electrons. The van der Waals surface area contributed by atoms with Crippen LogP contribution in [0.2, 0.25) is 0 Å². The Kier molecular flexibility index (Phi) is 6.97. The van der Waals surface area contributed by atoms with E-state index in [0.717, 1.165) is 0 Å². The number of phenolic OH excluding ortho intramolecular Hbond substituents is 1. The Bertz CT molecular complexity index is 685. The summed E-state index contributed by atoms with van der Waals surface area (Å²) in [5, 5.41) is 10.2. The first-order valence-corrected chi connectivity index (χ1v) is 8.72. The van der Waals surface area contributed by atoms with Crippen molar-refractivity contribution >= 4 is 34.9 Å². The zero-order valence-corrected chi connectivity index (χ0v) is 17.9. The van der Waals surface area contributed by atoms with Crippen LogP contribution < -0.4 is 14.2 Å². The van der Waals surface area contributed by atoms with Crippen LogP contribution in [0.15, 0.2) is 6.07 Å².